The van der Waals surface area contributed by atoms with Crippen LogP contribution in [0.5, 0.6) is 0 Å². The number of nitrogen functional groups attached to an aromatic ring is 1. The van der Waals surface area contributed by atoms with Crippen LogP contribution in [0, 0.1) is 0 Å². The van der Waals surface area contributed by atoms with Gasteiger partial charge >= 0.3 is 0 Å². The molecular formula is C14H22N4O. The fourth-order valence-electron chi connectivity index (χ4n) is 2.52. The first kappa shape index (κ1) is 13.7. The van der Waals surface area contributed by atoms with E-state index in [2.05, 4.69) is 22.6 Å². The van der Waals surface area contributed by atoms with Crippen LogP contribution in [-0.2, 0) is 0 Å². The number of likely N-dealkylation sites (N-methyl/N-ethyl adjacent to an activating group) is 1. The molecule has 0 spiro atoms. The van der Waals surface area contributed by atoms with Crippen LogP contribution in [0.3, 0.4) is 0 Å². The predicted molar refractivity (Wildman–Crippen MR) is 78.4 cm³/mol. The maximum absolute atomic E-state index is 11.8. The van der Waals surface area contributed by atoms with Gasteiger partial charge in [-0.1, -0.05) is 0 Å². The smallest absolute Gasteiger partial charge is 0.253 e. The van der Waals surface area contributed by atoms with Crippen molar-refractivity contribution in [2.45, 2.75) is 18.9 Å². The molecule has 1 unspecified atom stereocenters. The molecule has 5 heteroatoms. The molecule has 1 aliphatic heterocycles. The summed E-state index contributed by atoms with van der Waals surface area (Å²) in [6.07, 6.45) is 2.29. The van der Waals surface area contributed by atoms with Gasteiger partial charge in [0, 0.05) is 31.0 Å². The Kier molecular flexibility index (Phi) is 4.27. The number of hydrogen-bond acceptors (Lipinski definition) is 4. The average molecular weight is 262 g/mol. The minimum Gasteiger partial charge on any atom is -0.399 e. The van der Waals surface area contributed by atoms with E-state index in [4.69, 9.17) is 5.73 Å². The lowest BCUT2D eigenvalue weighted by atomic mass is 10.0. The van der Waals surface area contributed by atoms with E-state index in [1.54, 1.807) is 19.2 Å². The van der Waals surface area contributed by atoms with E-state index in [1.165, 1.54) is 6.42 Å². The Labute approximate surface area is 114 Å². The molecule has 104 valence electrons. The molecule has 1 aromatic rings. The van der Waals surface area contributed by atoms with E-state index < -0.39 is 0 Å². The van der Waals surface area contributed by atoms with Crippen molar-refractivity contribution in [3.63, 3.8) is 0 Å². The largest absolute Gasteiger partial charge is 0.399 e. The molecule has 0 aromatic heterocycles. The minimum absolute atomic E-state index is 0.0911. The Morgan fingerprint density at radius 3 is 2.95 bits per heavy atom. The van der Waals surface area contributed by atoms with E-state index in [0.29, 0.717) is 17.3 Å². The van der Waals surface area contributed by atoms with Crippen LogP contribution in [0.15, 0.2) is 18.2 Å². The minimum atomic E-state index is -0.0911. The Bertz CT molecular complexity index is 461. The van der Waals surface area contributed by atoms with Gasteiger partial charge in [-0.05, 0) is 44.6 Å². The zero-order valence-corrected chi connectivity index (χ0v) is 11.6. The number of anilines is 2. The second kappa shape index (κ2) is 5.93. The molecule has 1 amide bonds. The zero-order chi connectivity index (χ0) is 13.8. The molecule has 1 heterocycles. The zero-order valence-electron chi connectivity index (χ0n) is 11.6. The second-order valence-corrected chi connectivity index (χ2v) is 5.13. The molecule has 0 bridgehead atoms. The van der Waals surface area contributed by atoms with E-state index in [0.717, 1.165) is 25.2 Å². The van der Waals surface area contributed by atoms with Crippen LogP contribution in [0.4, 0.5) is 11.4 Å². The lowest BCUT2D eigenvalue weighted by Crippen LogP contribution is -2.40. The van der Waals surface area contributed by atoms with E-state index >= 15 is 0 Å². The Morgan fingerprint density at radius 2 is 2.26 bits per heavy atom. The Hall–Kier alpha value is -1.75. The van der Waals surface area contributed by atoms with Crippen LogP contribution in [0.25, 0.3) is 0 Å². The fraction of sp³-hybridized carbons (Fsp3) is 0.500. The number of carbonyl (C=O) groups excluding carboxylic acids is 1. The standard InChI is InChI=1S/C14H22N4O/c1-16-14(19)12-6-5-10(15)8-13(12)17-11-4-3-7-18(2)9-11/h5-6,8,11,17H,3-4,7,9,15H2,1-2H3,(H,16,19). The molecule has 19 heavy (non-hydrogen) atoms. The highest BCUT2D eigenvalue weighted by atomic mass is 16.1. The third-order valence-electron chi connectivity index (χ3n) is 3.50. The van der Waals surface area contributed by atoms with Gasteiger partial charge in [0.25, 0.3) is 5.91 Å². The number of rotatable bonds is 3. The maximum atomic E-state index is 11.8. The van der Waals surface area contributed by atoms with E-state index in [9.17, 15) is 4.79 Å². The summed E-state index contributed by atoms with van der Waals surface area (Å²) < 4.78 is 0. The number of likely N-dealkylation sites (tertiary alicyclic amines) is 1. The maximum Gasteiger partial charge on any atom is 0.253 e. The summed E-state index contributed by atoms with van der Waals surface area (Å²) in [5.41, 5.74) is 7.95. The summed E-state index contributed by atoms with van der Waals surface area (Å²) in [5, 5.41) is 6.11. The van der Waals surface area contributed by atoms with Gasteiger partial charge in [0.1, 0.15) is 0 Å². The first-order valence-electron chi connectivity index (χ1n) is 6.67. The highest BCUT2D eigenvalue weighted by molar-refractivity contribution is 6.00. The first-order valence-corrected chi connectivity index (χ1v) is 6.67. The summed E-state index contributed by atoms with van der Waals surface area (Å²) >= 11 is 0. The summed E-state index contributed by atoms with van der Waals surface area (Å²) in [6, 6.07) is 5.72. The molecule has 1 aliphatic rings. The molecule has 0 saturated carbocycles. The summed E-state index contributed by atoms with van der Waals surface area (Å²) in [7, 11) is 3.75. The van der Waals surface area contributed by atoms with Crippen LogP contribution < -0.4 is 16.4 Å². The van der Waals surface area contributed by atoms with Crippen molar-refractivity contribution in [2.75, 3.05) is 38.2 Å². The lowest BCUT2D eigenvalue weighted by Gasteiger charge is -2.31. The molecule has 4 N–H and O–H groups in total. The number of nitrogens with zero attached hydrogens (tertiary/aromatic N) is 1. The SMILES string of the molecule is CNC(=O)c1ccc(N)cc1NC1CCCN(C)C1. The number of hydrogen-bond donors (Lipinski definition) is 3. The second-order valence-electron chi connectivity index (χ2n) is 5.13. The van der Waals surface area contributed by atoms with E-state index in [1.807, 2.05) is 6.07 Å². The molecule has 1 atom stereocenters. The molecular weight excluding hydrogens is 240 g/mol. The van der Waals surface area contributed by atoms with Gasteiger partial charge in [0.05, 0.1) is 5.56 Å². The van der Waals surface area contributed by atoms with Crippen LogP contribution in [0.2, 0.25) is 0 Å². The highest BCUT2D eigenvalue weighted by Crippen LogP contribution is 2.22. The number of nitrogens with two attached hydrogens (primary N) is 1. The third kappa shape index (κ3) is 3.38. The molecule has 0 aliphatic carbocycles. The van der Waals surface area contributed by atoms with Gasteiger partial charge in [-0.2, -0.15) is 0 Å². The number of carbonyl (C=O) groups is 1. The monoisotopic (exact) mass is 262 g/mol. The summed E-state index contributed by atoms with van der Waals surface area (Å²) in [6.45, 7) is 2.12. The molecule has 2 rings (SSSR count). The van der Waals surface area contributed by atoms with Gasteiger partial charge in [-0.25, -0.2) is 0 Å². The number of piperidine rings is 1. The van der Waals surface area contributed by atoms with Gasteiger partial charge in [-0.15, -0.1) is 0 Å². The van der Waals surface area contributed by atoms with Crippen molar-refractivity contribution in [1.82, 2.24) is 10.2 Å². The highest BCUT2D eigenvalue weighted by Gasteiger charge is 2.19. The normalized spacial score (nSPS) is 20.0. The molecule has 5 nitrogen and oxygen atoms in total. The van der Waals surface area contributed by atoms with Gasteiger partial charge in [0.2, 0.25) is 0 Å². The number of amides is 1. The van der Waals surface area contributed by atoms with Crippen LogP contribution in [0.1, 0.15) is 23.2 Å². The van der Waals surface area contributed by atoms with Crippen LogP contribution in [-0.4, -0.2) is 44.0 Å². The molecule has 1 fully saturated rings. The van der Waals surface area contributed by atoms with Crippen molar-refractivity contribution in [3.05, 3.63) is 23.8 Å². The molecule has 0 radical (unpaired) electrons. The summed E-state index contributed by atoms with van der Waals surface area (Å²) in [4.78, 5) is 14.1. The third-order valence-corrected chi connectivity index (χ3v) is 3.50. The Balaban J connectivity index is 2.18. The van der Waals surface area contributed by atoms with Gasteiger partial charge in [-0.3, -0.25) is 4.79 Å². The lowest BCUT2D eigenvalue weighted by molar-refractivity contribution is 0.0964. The first-order chi connectivity index (χ1) is 9.10. The van der Waals surface area contributed by atoms with Gasteiger partial charge in [0.15, 0.2) is 0 Å². The van der Waals surface area contributed by atoms with Crippen LogP contribution >= 0.6 is 0 Å². The fourth-order valence-corrected chi connectivity index (χ4v) is 2.52. The number of nitrogens with one attached hydrogen (secondary N) is 2. The topological polar surface area (TPSA) is 70.4 Å². The predicted octanol–water partition coefficient (Wildman–Crippen LogP) is 1.13. The van der Waals surface area contributed by atoms with Crippen molar-refractivity contribution in [3.8, 4) is 0 Å². The molecule has 1 saturated heterocycles. The quantitative estimate of drug-likeness (QED) is 0.714. The van der Waals surface area contributed by atoms with Crippen molar-refractivity contribution in [1.29, 1.82) is 0 Å². The van der Waals surface area contributed by atoms with Gasteiger partial charge < -0.3 is 21.3 Å². The van der Waals surface area contributed by atoms with E-state index in [-0.39, 0.29) is 5.91 Å². The average Bonchev–Trinajstić information content (AvgIpc) is 2.38. The van der Waals surface area contributed by atoms with Crippen molar-refractivity contribution in [2.24, 2.45) is 0 Å². The molecule has 1 aromatic carbocycles. The summed E-state index contributed by atoms with van der Waals surface area (Å²) in [5.74, 6) is -0.0911. The Morgan fingerprint density at radius 1 is 1.47 bits per heavy atom. The van der Waals surface area contributed by atoms with Crippen molar-refractivity contribution >= 4 is 17.3 Å². The van der Waals surface area contributed by atoms with Crippen molar-refractivity contribution < 1.29 is 4.79 Å². The number of benzene rings is 1.